The van der Waals surface area contributed by atoms with Crippen LogP contribution in [0.1, 0.15) is 0 Å². The number of halogens is 2. The third-order valence-electron chi connectivity index (χ3n) is 1.39. The number of nitrogens with zero attached hydrogens (tertiary/aromatic N) is 1. The molecule has 0 heterocycles. The molecule has 0 aromatic rings. The topological polar surface area (TPSA) is 21.7 Å². The number of methoxy groups -OCH3 is 1. The Morgan fingerprint density at radius 3 is 2.33 bits per heavy atom. The lowest BCUT2D eigenvalue weighted by atomic mass is 10.5. The fourth-order valence-electron chi connectivity index (χ4n) is 0.657. The van der Waals surface area contributed by atoms with E-state index in [4.69, 9.17) is 4.74 Å². The molecule has 0 aromatic heterocycles. The van der Waals surface area contributed by atoms with Gasteiger partial charge in [0, 0.05) is 20.2 Å². The summed E-state index contributed by atoms with van der Waals surface area (Å²) < 4.78 is 31.8. The lowest BCUT2D eigenvalue weighted by Crippen LogP contribution is -2.27. The van der Waals surface area contributed by atoms with Crippen LogP contribution in [0.4, 0.5) is 8.78 Å². The Hall–Kier alpha value is -0.260. The fraction of sp³-hybridized carbons (Fsp3) is 1.00. The minimum absolute atomic E-state index is 0.0535. The van der Waals surface area contributed by atoms with Crippen LogP contribution in [-0.2, 0) is 9.47 Å². The maximum atomic E-state index is 11.5. The van der Waals surface area contributed by atoms with Crippen LogP contribution >= 0.6 is 0 Å². The van der Waals surface area contributed by atoms with Crippen LogP contribution in [0.3, 0.4) is 0 Å². The van der Waals surface area contributed by atoms with E-state index in [0.717, 1.165) is 6.54 Å². The van der Waals surface area contributed by atoms with Gasteiger partial charge in [0.15, 0.2) is 0 Å². The van der Waals surface area contributed by atoms with Crippen molar-refractivity contribution in [2.75, 3.05) is 40.5 Å². The summed E-state index contributed by atoms with van der Waals surface area (Å²) in [7, 11) is 3.43. The largest absolute Gasteiger partial charge is 0.383 e. The molecule has 0 aromatic carbocycles. The first-order valence-corrected chi connectivity index (χ1v) is 3.74. The molecule has 3 nitrogen and oxygen atoms in total. The molecule has 0 rings (SSSR count). The van der Waals surface area contributed by atoms with E-state index in [-0.39, 0.29) is 6.61 Å². The predicted molar refractivity (Wildman–Crippen MR) is 41.3 cm³/mol. The second-order valence-corrected chi connectivity index (χ2v) is 2.43. The second-order valence-electron chi connectivity index (χ2n) is 2.43. The quantitative estimate of drug-likeness (QED) is 0.583. The van der Waals surface area contributed by atoms with Gasteiger partial charge in [-0.15, -0.1) is 0 Å². The minimum atomic E-state index is -2.67. The van der Waals surface area contributed by atoms with E-state index >= 15 is 0 Å². The van der Waals surface area contributed by atoms with E-state index in [0.29, 0.717) is 13.2 Å². The maximum absolute atomic E-state index is 11.5. The monoisotopic (exact) mass is 183 g/mol. The molecule has 0 radical (unpaired) electrons. The summed E-state index contributed by atoms with van der Waals surface area (Å²) in [6.07, 6.45) is 0. The summed E-state index contributed by atoms with van der Waals surface area (Å²) in [6.45, 7) is -0.791. The van der Waals surface area contributed by atoms with Gasteiger partial charge in [-0.05, 0) is 7.05 Å². The van der Waals surface area contributed by atoms with Gasteiger partial charge in [0.2, 0.25) is 0 Å². The number of hydrogen-bond acceptors (Lipinski definition) is 3. The van der Waals surface area contributed by atoms with Crippen LogP contribution < -0.4 is 0 Å². The molecule has 12 heavy (non-hydrogen) atoms. The minimum Gasteiger partial charge on any atom is -0.383 e. The third kappa shape index (κ3) is 7.84. The predicted octanol–water partition coefficient (Wildman–Crippen LogP) is 0.804. The Morgan fingerprint density at radius 2 is 1.83 bits per heavy atom. The van der Waals surface area contributed by atoms with Crippen molar-refractivity contribution in [2.45, 2.75) is 6.61 Å². The fourth-order valence-corrected chi connectivity index (χ4v) is 0.657. The van der Waals surface area contributed by atoms with Crippen molar-refractivity contribution in [3.8, 4) is 0 Å². The van der Waals surface area contributed by atoms with Crippen LogP contribution in [0.25, 0.3) is 0 Å². The molecule has 0 saturated carbocycles. The molecule has 0 atom stereocenters. The normalized spacial score (nSPS) is 11.5. The summed E-state index contributed by atoms with van der Waals surface area (Å²) in [5, 5.41) is 0. The zero-order chi connectivity index (χ0) is 9.40. The number of hydrogen-bond donors (Lipinski definition) is 0. The molecule has 0 fully saturated rings. The molecule has 0 aliphatic carbocycles. The van der Waals surface area contributed by atoms with E-state index < -0.39 is 6.61 Å². The van der Waals surface area contributed by atoms with Crippen molar-refractivity contribution in [1.82, 2.24) is 4.90 Å². The summed E-state index contributed by atoms with van der Waals surface area (Å²) in [5.41, 5.74) is 0. The number of rotatable bonds is 7. The van der Waals surface area contributed by atoms with Crippen LogP contribution in [-0.4, -0.2) is 52.0 Å². The van der Waals surface area contributed by atoms with Gasteiger partial charge in [0.25, 0.3) is 0 Å². The standard InChI is InChI=1S/C7H15F2NO2/c1-10(3-5-11-2)4-6-12-7(8)9/h7H,3-6H2,1-2H3. The number of alkyl halides is 2. The van der Waals surface area contributed by atoms with Crippen LogP contribution in [0.2, 0.25) is 0 Å². The second kappa shape index (κ2) is 7.39. The molecule has 74 valence electrons. The number of likely N-dealkylation sites (N-methyl/N-ethyl adjacent to an activating group) is 1. The molecule has 0 spiro atoms. The van der Waals surface area contributed by atoms with Crippen molar-refractivity contribution in [3.63, 3.8) is 0 Å². The molecule has 0 unspecified atom stereocenters. The lowest BCUT2D eigenvalue weighted by molar-refractivity contribution is -0.131. The van der Waals surface area contributed by atoms with E-state index in [2.05, 4.69) is 4.74 Å². The lowest BCUT2D eigenvalue weighted by Gasteiger charge is -2.15. The highest BCUT2D eigenvalue weighted by Gasteiger charge is 2.02. The van der Waals surface area contributed by atoms with Gasteiger partial charge < -0.3 is 14.4 Å². The maximum Gasteiger partial charge on any atom is 0.345 e. The van der Waals surface area contributed by atoms with Crippen molar-refractivity contribution in [1.29, 1.82) is 0 Å². The summed E-state index contributed by atoms with van der Waals surface area (Å²) in [5.74, 6) is 0. The van der Waals surface area contributed by atoms with Crippen molar-refractivity contribution < 1.29 is 18.3 Å². The van der Waals surface area contributed by atoms with E-state index in [1.54, 1.807) is 7.11 Å². The van der Waals surface area contributed by atoms with E-state index in [1.807, 2.05) is 11.9 Å². The molecule has 0 aliphatic rings. The van der Waals surface area contributed by atoms with Gasteiger partial charge in [-0.3, -0.25) is 0 Å². The smallest absolute Gasteiger partial charge is 0.345 e. The average Bonchev–Trinajstić information content (AvgIpc) is 2.00. The molecule has 5 heteroatoms. The van der Waals surface area contributed by atoms with Crippen molar-refractivity contribution in [2.24, 2.45) is 0 Å². The molecular formula is C7H15F2NO2. The van der Waals surface area contributed by atoms with Gasteiger partial charge in [-0.1, -0.05) is 0 Å². The Bertz CT molecular complexity index is 103. The first kappa shape index (κ1) is 11.7. The Labute approximate surface area is 71.2 Å². The third-order valence-corrected chi connectivity index (χ3v) is 1.39. The van der Waals surface area contributed by atoms with Crippen LogP contribution in [0, 0.1) is 0 Å². The van der Waals surface area contributed by atoms with Gasteiger partial charge in [0.05, 0.1) is 13.2 Å². The van der Waals surface area contributed by atoms with E-state index in [1.165, 1.54) is 0 Å². The van der Waals surface area contributed by atoms with Gasteiger partial charge in [0.1, 0.15) is 0 Å². The molecule has 0 N–H and O–H groups in total. The zero-order valence-electron chi connectivity index (χ0n) is 7.43. The van der Waals surface area contributed by atoms with Gasteiger partial charge >= 0.3 is 6.61 Å². The summed E-state index contributed by atoms with van der Waals surface area (Å²) >= 11 is 0. The summed E-state index contributed by atoms with van der Waals surface area (Å²) in [6, 6.07) is 0. The van der Waals surface area contributed by atoms with Gasteiger partial charge in [-0.2, -0.15) is 8.78 Å². The van der Waals surface area contributed by atoms with E-state index in [9.17, 15) is 8.78 Å². The summed E-state index contributed by atoms with van der Waals surface area (Å²) in [4.78, 5) is 1.87. The highest BCUT2D eigenvalue weighted by atomic mass is 19.3. The first-order valence-electron chi connectivity index (χ1n) is 3.74. The van der Waals surface area contributed by atoms with Crippen LogP contribution in [0.15, 0.2) is 0 Å². The molecule has 0 saturated heterocycles. The van der Waals surface area contributed by atoms with Crippen LogP contribution in [0.5, 0.6) is 0 Å². The Balaban J connectivity index is 3.13. The van der Waals surface area contributed by atoms with Crippen molar-refractivity contribution in [3.05, 3.63) is 0 Å². The Morgan fingerprint density at radius 1 is 1.25 bits per heavy atom. The highest BCUT2D eigenvalue weighted by Crippen LogP contribution is 1.94. The first-order chi connectivity index (χ1) is 5.66. The molecule has 0 aliphatic heterocycles. The number of ether oxygens (including phenoxy) is 2. The SMILES string of the molecule is COCCN(C)CCOC(F)F. The molecule has 0 amide bonds. The van der Waals surface area contributed by atoms with Crippen molar-refractivity contribution >= 4 is 0 Å². The highest BCUT2D eigenvalue weighted by molar-refractivity contribution is 4.48. The molecular weight excluding hydrogens is 168 g/mol. The molecule has 0 bridgehead atoms. The van der Waals surface area contributed by atoms with Gasteiger partial charge in [-0.25, -0.2) is 0 Å². The average molecular weight is 183 g/mol. The zero-order valence-corrected chi connectivity index (χ0v) is 7.43. The Kier molecular flexibility index (Phi) is 7.23.